The van der Waals surface area contributed by atoms with Gasteiger partial charge >= 0.3 is 0 Å². The Labute approximate surface area is 106 Å². The van der Waals surface area contributed by atoms with Crippen molar-refractivity contribution in [3.05, 3.63) is 44.6 Å². The average Bonchev–Trinajstić information content (AvgIpc) is 2.20. The van der Waals surface area contributed by atoms with Gasteiger partial charge in [0.05, 0.1) is 6.54 Å². The minimum Gasteiger partial charge on any atom is -0.400 e. The van der Waals surface area contributed by atoms with Crippen molar-refractivity contribution in [2.24, 2.45) is 11.6 Å². The van der Waals surface area contributed by atoms with Crippen LogP contribution >= 0.6 is 31.9 Å². The van der Waals surface area contributed by atoms with E-state index in [-0.39, 0.29) is 0 Å². The van der Waals surface area contributed by atoms with Crippen LogP contribution in [0.25, 0.3) is 0 Å². The molecule has 0 aliphatic rings. The number of hydrazine groups is 1. The Morgan fingerprint density at radius 3 is 2.33 bits per heavy atom. The standard InChI is InChI=1S/C10H13Br2N3/c1-7(13)10(12)15(14)6-8-2-4-9(11)5-3-8/h2-5H,6,13-14H2,1H3/b10-7-. The van der Waals surface area contributed by atoms with E-state index in [9.17, 15) is 0 Å². The SMILES string of the molecule is C/C(N)=C(\Br)N(N)Cc1ccc(Br)cc1. The van der Waals surface area contributed by atoms with E-state index < -0.39 is 0 Å². The van der Waals surface area contributed by atoms with Gasteiger partial charge in [-0.25, -0.2) is 5.84 Å². The second-order valence-corrected chi connectivity index (χ2v) is 4.90. The molecule has 0 saturated heterocycles. The fourth-order valence-corrected chi connectivity index (χ4v) is 1.47. The highest BCUT2D eigenvalue weighted by atomic mass is 79.9. The van der Waals surface area contributed by atoms with Crippen LogP contribution in [0.5, 0.6) is 0 Å². The number of nitrogens with two attached hydrogens (primary N) is 2. The molecule has 0 unspecified atom stereocenters. The Kier molecular flexibility index (Phi) is 4.63. The third-order valence-electron chi connectivity index (χ3n) is 1.84. The van der Waals surface area contributed by atoms with Crippen LogP contribution in [0.2, 0.25) is 0 Å². The van der Waals surface area contributed by atoms with E-state index in [1.807, 2.05) is 24.3 Å². The van der Waals surface area contributed by atoms with E-state index in [0.29, 0.717) is 16.8 Å². The smallest absolute Gasteiger partial charge is 0.114 e. The molecule has 1 rings (SSSR count). The van der Waals surface area contributed by atoms with Crippen molar-refractivity contribution in [2.45, 2.75) is 13.5 Å². The van der Waals surface area contributed by atoms with Crippen LogP contribution in [0.3, 0.4) is 0 Å². The molecule has 3 nitrogen and oxygen atoms in total. The predicted molar refractivity (Wildman–Crippen MR) is 69.7 cm³/mol. The Bertz CT molecular complexity index is 355. The Hall–Kier alpha value is -0.520. The van der Waals surface area contributed by atoms with E-state index in [1.54, 1.807) is 11.9 Å². The molecule has 0 amide bonds. The highest BCUT2D eigenvalue weighted by Gasteiger charge is 2.04. The first-order valence-electron chi connectivity index (χ1n) is 4.39. The maximum atomic E-state index is 5.83. The van der Waals surface area contributed by atoms with Crippen molar-refractivity contribution in [1.29, 1.82) is 0 Å². The fraction of sp³-hybridized carbons (Fsp3) is 0.200. The highest BCUT2D eigenvalue weighted by molar-refractivity contribution is 9.11. The van der Waals surface area contributed by atoms with Crippen LogP contribution < -0.4 is 11.6 Å². The number of rotatable bonds is 3. The Morgan fingerprint density at radius 2 is 1.87 bits per heavy atom. The van der Waals surface area contributed by atoms with Gasteiger partial charge in [0, 0.05) is 10.2 Å². The van der Waals surface area contributed by atoms with Crippen LogP contribution in [0.4, 0.5) is 0 Å². The second-order valence-electron chi connectivity index (χ2n) is 3.23. The largest absolute Gasteiger partial charge is 0.400 e. The topological polar surface area (TPSA) is 55.3 Å². The van der Waals surface area contributed by atoms with E-state index in [4.69, 9.17) is 11.6 Å². The lowest BCUT2D eigenvalue weighted by Crippen LogP contribution is -2.29. The molecule has 82 valence electrons. The first-order chi connectivity index (χ1) is 7.00. The molecule has 0 bridgehead atoms. The quantitative estimate of drug-likeness (QED) is 0.507. The number of nitrogens with zero attached hydrogens (tertiary/aromatic N) is 1. The van der Waals surface area contributed by atoms with Crippen LogP contribution in [-0.4, -0.2) is 5.01 Å². The van der Waals surface area contributed by atoms with Gasteiger partial charge < -0.3 is 5.73 Å². The summed E-state index contributed by atoms with van der Waals surface area (Å²) in [6.07, 6.45) is 0. The number of halogens is 2. The Balaban J connectivity index is 2.71. The third kappa shape index (κ3) is 3.85. The minimum absolute atomic E-state index is 0.613. The third-order valence-corrected chi connectivity index (χ3v) is 3.45. The summed E-state index contributed by atoms with van der Waals surface area (Å²) in [7, 11) is 0. The number of benzene rings is 1. The highest BCUT2D eigenvalue weighted by Crippen LogP contribution is 2.16. The summed E-state index contributed by atoms with van der Waals surface area (Å²) in [5.74, 6) is 5.83. The molecule has 0 spiro atoms. The minimum atomic E-state index is 0.613. The van der Waals surface area contributed by atoms with Gasteiger partial charge in [-0.3, -0.25) is 5.01 Å². The summed E-state index contributed by atoms with van der Waals surface area (Å²) in [5, 5.41) is 1.57. The van der Waals surface area contributed by atoms with Crippen molar-refractivity contribution in [3.63, 3.8) is 0 Å². The van der Waals surface area contributed by atoms with Gasteiger partial charge in [0.1, 0.15) is 4.61 Å². The summed E-state index contributed by atoms with van der Waals surface area (Å²) in [4.78, 5) is 0. The molecule has 0 fully saturated rings. The number of allylic oxidation sites excluding steroid dienone is 1. The molecule has 4 N–H and O–H groups in total. The summed E-state index contributed by atoms with van der Waals surface area (Å²) < 4.78 is 1.77. The Morgan fingerprint density at radius 1 is 1.33 bits per heavy atom. The zero-order chi connectivity index (χ0) is 11.4. The van der Waals surface area contributed by atoms with Crippen LogP contribution in [0.15, 0.2) is 39.0 Å². The van der Waals surface area contributed by atoms with Crippen LogP contribution in [0.1, 0.15) is 12.5 Å². The van der Waals surface area contributed by atoms with Gasteiger partial charge in [-0.2, -0.15) is 0 Å². The number of hydrogen-bond donors (Lipinski definition) is 2. The van der Waals surface area contributed by atoms with E-state index in [1.165, 1.54) is 0 Å². The van der Waals surface area contributed by atoms with Gasteiger partial charge in [0.2, 0.25) is 0 Å². The monoisotopic (exact) mass is 333 g/mol. The fourth-order valence-electron chi connectivity index (χ4n) is 1.08. The molecule has 0 saturated carbocycles. The van der Waals surface area contributed by atoms with Gasteiger partial charge in [-0.05, 0) is 40.5 Å². The molecular formula is C10H13Br2N3. The van der Waals surface area contributed by atoms with E-state index in [0.717, 1.165) is 10.0 Å². The van der Waals surface area contributed by atoms with Crippen molar-refractivity contribution in [1.82, 2.24) is 5.01 Å². The maximum absolute atomic E-state index is 5.83. The van der Waals surface area contributed by atoms with Crippen molar-refractivity contribution < 1.29 is 0 Å². The molecule has 1 aromatic carbocycles. The molecular weight excluding hydrogens is 322 g/mol. The molecule has 0 atom stereocenters. The summed E-state index contributed by atoms with van der Waals surface area (Å²) >= 11 is 6.71. The molecule has 0 heterocycles. The second kappa shape index (κ2) is 5.53. The number of hydrogen-bond acceptors (Lipinski definition) is 3. The zero-order valence-corrected chi connectivity index (χ0v) is 11.5. The predicted octanol–water partition coefficient (Wildman–Crippen LogP) is 2.67. The van der Waals surface area contributed by atoms with Gasteiger partial charge in [-0.1, -0.05) is 28.1 Å². The first kappa shape index (κ1) is 12.5. The lowest BCUT2D eigenvalue weighted by Gasteiger charge is -2.18. The van der Waals surface area contributed by atoms with Gasteiger partial charge in [0.15, 0.2) is 0 Å². The van der Waals surface area contributed by atoms with E-state index in [2.05, 4.69) is 31.9 Å². The lowest BCUT2D eigenvalue weighted by atomic mass is 10.2. The van der Waals surface area contributed by atoms with Gasteiger partial charge in [-0.15, -0.1) is 0 Å². The zero-order valence-electron chi connectivity index (χ0n) is 8.37. The molecule has 5 heteroatoms. The van der Waals surface area contributed by atoms with Crippen molar-refractivity contribution in [3.8, 4) is 0 Å². The molecule has 0 aliphatic carbocycles. The molecule has 0 aromatic heterocycles. The van der Waals surface area contributed by atoms with Crippen LogP contribution in [-0.2, 0) is 6.54 Å². The average molecular weight is 335 g/mol. The molecule has 15 heavy (non-hydrogen) atoms. The first-order valence-corrected chi connectivity index (χ1v) is 5.98. The van der Waals surface area contributed by atoms with Crippen LogP contribution in [0, 0.1) is 0 Å². The van der Waals surface area contributed by atoms with Crippen molar-refractivity contribution in [2.75, 3.05) is 0 Å². The summed E-state index contributed by atoms with van der Waals surface area (Å²) in [5.41, 5.74) is 7.40. The summed E-state index contributed by atoms with van der Waals surface area (Å²) in [6, 6.07) is 7.98. The normalized spacial score (nSPS) is 12.3. The molecule has 0 radical (unpaired) electrons. The van der Waals surface area contributed by atoms with Gasteiger partial charge in [0.25, 0.3) is 0 Å². The lowest BCUT2D eigenvalue weighted by molar-refractivity contribution is 0.375. The summed E-state index contributed by atoms with van der Waals surface area (Å²) in [6.45, 7) is 2.41. The molecule has 1 aromatic rings. The molecule has 0 aliphatic heterocycles. The maximum Gasteiger partial charge on any atom is 0.114 e. The van der Waals surface area contributed by atoms with E-state index >= 15 is 0 Å². The van der Waals surface area contributed by atoms with Crippen molar-refractivity contribution >= 4 is 31.9 Å².